The molecular weight excluding hydrogens is 507 g/mol. The number of sulfonamides is 1. The molecule has 2 amide bonds. The largest absolute Gasteiger partial charge is 0.333 e. The van der Waals surface area contributed by atoms with Crippen LogP contribution in [0.4, 0.5) is 4.79 Å². The molecule has 0 saturated heterocycles. The molecular formula is C25H20Cl2N4O3S. The second kappa shape index (κ2) is 10.9. The molecule has 0 atom stereocenters. The Morgan fingerprint density at radius 1 is 0.829 bits per heavy atom. The van der Waals surface area contributed by atoms with E-state index in [4.69, 9.17) is 23.2 Å². The summed E-state index contributed by atoms with van der Waals surface area (Å²) in [7, 11) is -3.88. The molecule has 0 saturated carbocycles. The summed E-state index contributed by atoms with van der Waals surface area (Å²) in [4.78, 5) is 18.9. The zero-order valence-electron chi connectivity index (χ0n) is 18.2. The van der Waals surface area contributed by atoms with E-state index in [1.54, 1.807) is 48.7 Å². The van der Waals surface area contributed by atoms with Crippen molar-refractivity contribution >= 4 is 39.3 Å². The molecule has 1 aromatic heterocycles. The molecule has 4 rings (SSSR count). The number of nitrogens with zero attached hydrogens (tertiary/aromatic N) is 1. The second-order valence-electron chi connectivity index (χ2n) is 7.48. The van der Waals surface area contributed by atoms with E-state index in [0.29, 0.717) is 15.6 Å². The number of halogens is 2. The maximum Gasteiger partial charge on any atom is 0.330 e. The van der Waals surface area contributed by atoms with Gasteiger partial charge in [-0.15, -0.1) is 4.83 Å². The number of hydrogen-bond acceptors (Lipinski definition) is 4. The van der Waals surface area contributed by atoms with Crippen LogP contribution in [0.15, 0.2) is 96.0 Å². The van der Waals surface area contributed by atoms with Crippen molar-refractivity contribution in [3.8, 4) is 22.4 Å². The van der Waals surface area contributed by atoms with Gasteiger partial charge in [-0.2, -0.15) is 0 Å². The predicted octanol–water partition coefficient (Wildman–Crippen LogP) is 5.42. The van der Waals surface area contributed by atoms with Crippen molar-refractivity contribution < 1.29 is 13.2 Å². The van der Waals surface area contributed by atoms with Crippen molar-refractivity contribution in [2.24, 2.45) is 0 Å². The van der Waals surface area contributed by atoms with E-state index < -0.39 is 16.1 Å². The molecule has 35 heavy (non-hydrogen) atoms. The maximum atomic E-state index is 12.2. The van der Waals surface area contributed by atoms with Crippen molar-refractivity contribution in [1.29, 1.82) is 0 Å². The number of carbonyl (C=O) groups is 1. The minimum Gasteiger partial charge on any atom is -0.333 e. The third kappa shape index (κ3) is 6.37. The summed E-state index contributed by atoms with van der Waals surface area (Å²) in [5.74, 6) is 0. The highest BCUT2D eigenvalue weighted by atomic mass is 35.5. The van der Waals surface area contributed by atoms with E-state index in [0.717, 1.165) is 22.4 Å². The Balaban J connectivity index is 1.50. The number of rotatable bonds is 7. The number of urea groups is 1. The summed E-state index contributed by atoms with van der Waals surface area (Å²) in [6.45, 7) is 0.118. The average molecular weight is 527 g/mol. The molecule has 1 heterocycles. The topological polar surface area (TPSA) is 100 Å². The minimum absolute atomic E-state index is 0.0369. The first-order valence-corrected chi connectivity index (χ1v) is 12.7. The highest BCUT2D eigenvalue weighted by Gasteiger charge is 2.15. The Labute approximate surface area is 213 Å². The number of aromatic nitrogens is 1. The summed E-state index contributed by atoms with van der Waals surface area (Å²) >= 11 is 12.1. The fourth-order valence-corrected chi connectivity index (χ4v) is 4.40. The molecule has 7 nitrogen and oxygen atoms in total. The van der Waals surface area contributed by atoms with Crippen molar-refractivity contribution in [3.63, 3.8) is 0 Å². The van der Waals surface area contributed by atoms with Gasteiger partial charge in [-0.3, -0.25) is 10.4 Å². The Hall–Kier alpha value is -3.43. The zero-order chi connectivity index (χ0) is 24.8. The van der Waals surface area contributed by atoms with Gasteiger partial charge in [-0.05, 0) is 53.6 Å². The molecule has 0 spiro atoms. The molecule has 3 N–H and O–H groups in total. The van der Waals surface area contributed by atoms with Crippen molar-refractivity contribution in [2.75, 3.05) is 0 Å². The van der Waals surface area contributed by atoms with Crippen LogP contribution in [0.3, 0.4) is 0 Å². The van der Waals surface area contributed by atoms with Crippen LogP contribution < -0.4 is 15.6 Å². The molecule has 0 fully saturated rings. The van der Waals surface area contributed by atoms with Gasteiger partial charge in [0.1, 0.15) is 0 Å². The van der Waals surface area contributed by atoms with Crippen molar-refractivity contribution in [2.45, 2.75) is 11.4 Å². The van der Waals surface area contributed by atoms with Gasteiger partial charge in [0, 0.05) is 33.9 Å². The van der Waals surface area contributed by atoms with E-state index in [1.807, 2.05) is 30.3 Å². The lowest BCUT2D eigenvalue weighted by Gasteiger charge is -2.13. The molecule has 0 aliphatic heterocycles. The summed E-state index contributed by atoms with van der Waals surface area (Å²) in [6.07, 6.45) is 1.65. The summed E-state index contributed by atoms with van der Waals surface area (Å²) in [5.41, 5.74) is 6.23. The lowest BCUT2D eigenvalue weighted by molar-refractivity contribution is 0.239. The second-order valence-corrected chi connectivity index (χ2v) is 10.0. The van der Waals surface area contributed by atoms with Crippen LogP contribution in [0.1, 0.15) is 5.56 Å². The fourth-order valence-electron chi connectivity index (χ4n) is 3.29. The Kier molecular flexibility index (Phi) is 7.67. The monoisotopic (exact) mass is 526 g/mol. The first-order valence-electron chi connectivity index (χ1n) is 10.4. The minimum atomic E-state index is -3.88. The lowest BCUT2D eigenvalue weighted by atomic mass is 9.98. The fraction of sp³-hybridized carbons (Fsp3) is 0.0400. The molecule has 0 radical (unpaired) electrons. The van der Waals surface area contributed by atoms with Crippen molar-refractivity contribution in [3.05, 3.63) is 107 Å². The molecule has 10 heteroatoms. The molecule has 178 valence electrons. The van der Waals surface area contributed by atoms with Crippen LogP contribution in [-0.2, 0) is 16.6 Å². The van der Waals surface area contributed by atoms with E-state index in [-0.39, 0.29) is 11.4 Å². The first kappa shape index (κ1) is 24.7. The Bertz CT molecular complexity index is 1430. The Morgan fingerprint density at radius 3 is 2.06 bits per heavy atom. The van der Waals surface area contributed by atoms with Crippen LogP contribution in [0, 0.1) is 0 Å². The average Bonchev–Trinajstić information content (AvgIpc) is 2.88. The van der Waals surface area contributed by atoms with E-state index in [2.05, 4.69) is 20.6 Å². The van der Waals surface area contributed by atoms with Gasteiger partial charge < -0.3 is 5.32 Å². The molecule has 0 unspecified atom stereocenters. The number of amides is 2. The summed E-state index contributed by atoms with van der Waals surface area (Å²) < 4.78 is 24.5. The van der Waals surface area contributed by atoms with Gasteiger partial charge in [0.25, 0.3) is 10.0 Å². The highest BCUT2D eigenvalue weighted by Crippen LogP contribution is 2.32. The molecule has 0 aliphatic rings. The smallest absolute Gasteiger partial charge is 0.330 e. The van der Waals surface area contributed by atoms with Crippen LogP contribution in [0.2, 0.25) is 10.0 Å². The lowest BCUT2D eigenvalue weighted by Crippen LogP contribution is -2.46. The molecule has 3 aromatic carbocycles. The molecule has 4 aromatic rings. The van der Waals surface area contributed by atoms with E-state index >= 15 is 0 Å². The number of nitrogens with one attached hydrogen (secondary N) is 3. The van der Waals surface area contributed by atoms with E-state index in [9.17, 15) is 13.2 Å². The molecule has 0 aliphatic carbocycles. The first-order chi connectivity index (χ1) is 16.8. The number of hydrogen-bond donors (Lipinski definition) is 3. The van der Waals surface area contributed by atoms with Crippen molar-refractivity contribution in [1.82, 2.24) is 20.6 Å². The number of benzene rings is 3. The van der Waals surface area contributed by atoms with Gasteiger partial charge in [0.05, 0.1) is 10.6 Å². The third-order valence-electron chi connectivity index (χ3n) is 5.02. The van der Waals surface area contributed by atoms with Gasteiger partial charge in [-0.1, -0.05) is 65.7 Å². The number of pyridine rings is 1. The van der Waals surface area contributed by atoms with Gasteiger partial charge in [-0.25, -0.2) is 13.2 Å². The normalized spacial score (nSPS) is 11.1. The van der Waals surface area contributed by atoms with Crippen LogP contribution >= 0.6 is 23.2 Å². The SMILES string of the molecule is O=C(NCc1cnc(-c2ccc(Cl)cc2)c(-c2ccc(Cl)cc2)c1)NNS(=O)(=O)c1ccccc1. The number of hydrazine groups is 1. The third-order valence-corrected chi connectivity index (χ3v) is 6.79. The highest BCUT2D eigenvalue weighted by molar-refractivity contribution is 7.89. The number of carbonyl (C=O) groups excluding carboxylic acids is 1. The van der Waals surface area contributed by atoms with Crippen LogP contribution in [-0.4, -0.2) is 19.4 Å². The van der Waals surface area contributed by atoms with Gasteiger partial charge in [0.2, 0.25) is 0 Å². The quantitative estimate of drug-likeness (QED) is 0.280. The van der Waals surface area contributed by atoms with Crippen LogP contribution in [0.5, 0.6) is 0 Å². The summed E-state index contributed by atoms with van der Waals surface area (Å²) in [6, 6.07) is 23.6. The maximum absolute atomic E-state index is 12.2. The Morgan fingerprint density at radius 2 is 1.43 bits per heavy atom. The molecule has 0 bridgehead atoms. The van der Waals surface area contributed by atoms with Crippen LogP contribution in [0.25, 0.3) is 22.4 Å². The zero-order valence-corrected chi connectivity index (χ0v) is 20.5. The predicted molar refractivity (Wildman–Crippen MR) is 137 cm³/mol. The standard InChI is InChI=1S/C25H20Cl2N4O3S/c26-20-10-6-18(7-11-20)23-14-17(15-28-24(23)19-8-12-21(27)13-9-19)16-29-25(32)30-31-35(33,34)22-4-2-1-3-5-22/h1-15,31H,16H2,(H2,29,30,32). The van der Waals surface area contributed by atoms with Gasteiger partial charge in [0.15, 0.2) is 0 Å². The van der Waals surface area contributed by atoms with Gasteiger partial charge >= 0.3 is 6.03 Å². The summed E-state index contributed by atoms with van der Waals surface area (Å²) in [5, 5.41) is 3.86. The van der Waals surface area contributed by atoms with E-state index in [1.165, 1.54) is 12.1 Å².